The summed E-state index contributed by atoms with van der Waals surface area (Å²) in [5.74, 6) is -2.22. The van der Waals surface area contributed by atoms with Crippen molar-refractivity contribution in [1.82, 2.24) is 15.0 Å². The first-order chi connectivity index (χ1) is 13.9. The monoisotopic (exact) mass is 412 g/mol. The Morgan fingerprint density at radius 2 is 1.83 bits per heavy atom. The van der Waals surface area contributed by atoms with E-state index in [0.717, 1.165) is 42.1 Å². The molecule has 148 valence electrons. The van der Waals surface area contributed by atoms with Gasteiger partial charge in [-0.3, -0.25) is 9.97 Å². The highest BCUT2D eigenvalue weighted by Gasteiger charge is 2.25. The molecule has 0 saturated heterocycles. The summed E-state index contributed by atoms with van der Waals surface area (Å²) in [5, 5.41) is 3.82. The van der Waals surface area contributed by atoms with Crippen molar-refractivity contribution in [1.29, 1.82) is 0 Å². The normalized spacial score (nSPS) is 13.2. The number of rotatable bonds is 6. The molecule has 29 heavy (non-hydrogen) atoms. The van der Waals surface area contributed by atoms with Gasteiger partial charge in [0.15, 0.2) is 0 Å². The molecule has 0 spiro atoms. The number of fused-ring (bicyclic) bond motifs is 1. The quantitative estimate of drug-likeness (QED) is 0.586. The van der Waals surface area contributed by atoms with Crippen LogP contribution >= 0.6 is 11.6 Å². The standard InChI is InChI=1S/C22H19ClF2N4/c1-22(24,25)20-6-2-15(11-27-20)12-29-21-7-3-14(10-28-21)8-16-4-5-19-18(16)9-17(23)13-26-19/h2-4,6-7,9-11,13H,5,8,12H2,1H3,(H,28,29). The van der Waals surface area contributed by atoms with Gasteiger partial charge in [-0.25, -0.2) is 4.98 Å². The van der Waals surface area contributed by atoms with Crippen molar-refractivity contribution in [2.75, 3.05) is 5.32 Å². The highest BCUT2D eigenvalue weighted by molar-refractivity contribution is 6.30. The van der Waals surface area contributed by atoms with E-state index in [-0.39, 0.29) is 5.69 Å². The van der Waals surface area contributed by atoms with Gasteiger partial charge in [0.25, 0.3) is 5.92 Å². The molecule has 0 unspecified atom stereocenters. The lowest BCUT2D eigenvalue weighted by atomic mass is 10.0. The molecular weight excluding hydrogens is 394 g/mol. The van der Waals surface area contributed by atoms with Gasteiger partial charge in [0.05, 0.1) is 10.7 Å². The van der Waals surface area contributed by atoms with Crippen molar-refractivity contribution in [3.8, 4) is 0 Å². The Bertz CT molecular complexity index is 1040. The van der Waals surface area contributed by atoms with Crippen LogP contribution in [0, 0.1) is 0 Å². The lowest BCUT2D eigenvalue weighted by molar-refractivity contribution is 0.0127. The molecule has 0 amide bonds. The number of halogens is 3. The maximum Gasteiger partial charge on any atom is 0.286 e. The fourth-order valence-corrected chi connectivity index (χ4v) is 3.40. The van der Waals surface area contributed by atoms with E-state index < -0.39 is 5.92 Å². The topological polar surface area (TPSA) is 50.7 Å². The summed E-state index contributed by atoms with van der Waals surface area (Å²) in [4.78, 5) is 12.7. The van der Waals surface area contributed by atoms with Crippen molar-refractivity contribution in [3.63, 3.8) is 0 Å². The van der Waals surface area contributed by atoms with E-state index in [1.165, 1.54) is 17.8 Å². The summed E-state index contributed by atoms with van der Waals surface area (Å²) in [5.41, 5.74) is 5.02. The van der Waals surface area contributed by atoms with Gasteiger partial charge in [0, 0.05) is 44.0 Å². The average molecular weight is 413 g/mol. The Kier molecular flexibility index (Phi) is 5.28. The molecule has 0 radical (unpaired) electrons. The largest absolute Gasteiger partial charge is 0.366 e. The predicted octanol–water partition coefficient (Wildman–Crippen LogP) is 5.43. The van der Waals surface area contributed by atoms with E-state index >= 15 is 0 Å². The van der Waals surface area contributed by atoms with Crippen molar-refractivity contribution < 1.29 is 8.78 Å². The van der Waals surface area contributed by atoms with E-state index in [2.05, 4.69) is 26.3 Å². The molecule has 1 aliphatic carbocycles. The van der Waals surface area contributed by atoms with Crippen molar-refractivity contribution in [2.24, 2.45) is 0 Å². The van der Waals surface area contributed by atoms with Crippen LogP contribution in [0.5, 0.6) is 0 Å². The van der Waals surface area contributed by atoms with Gasteiger partial charge in [0.1, 0.15) is 11.5 Å². The third-order valence-corrected chi connectivity index (χ3v) is 5.00. The Morgan fingerprint density at radius 3 is 2.52 bits per heavy atom. The van der Waals surface area contributed by atoms with Gasteiger partial charge in [-0.2, -0.15) is 8.78 Å². The van der Waals surface area contributed by atoms with E-state index in [1.54, 1.807) is 12.3 Å². The second-order valence-corrected chi connectivity index (χ2v) is 7.54. The number of aromatic nitrogens is 3. The first-order valence-corrected chi connectivity index (χ1v) is 9.62. The Morgan fingerprint density at radius 1 is 1.03 bits per heavy atom. The van der Waals surface area contributed by atoms with E-state index in [9.17, 15) is 8.78 Å². The molecule has 0 atom stereocenters. The Labute approximate surface area is 172 Å². The summed E-state index contributed by atoms with van der Waals surface area (Å²) in [6.07, 6.45) is 8.73. The lowest BCUT2D eigenvalue weighted by Crippen LogP contribution is -2.10. The highest BCUT2D eigenvalue weighted by atomic mass is 35.5. The van der Waals surface area contributed by atoms with Crippen molar-refractivity contribution in [2.45, 2.75) is 32.2 Å². The van der Waals surface area contributed by atoms with Crippen LogP contribution in [0.3, 0.4) is 0 Å². The number of hydrogen-bond donors (Lipinski definition) is 1. The summed E-state index contributed by atoms with van der Waals surface area (Å²) in [6, 6.07) is 8.88. The van der Waals surface area contributed by atoms with Gasteiger partial charge < -0.3 is 5.32 Å². The van der Waals surface area contributed by atoms with E-state index in [1.807, 2.05) is 24.4 Å². The van der Waals surface area contributed by atoms with Crippen LogP contribution in [-0.2, 0) is 25.3 Å². The zero-order valence-electron chi connectivity index (χ0n) is 15.8. The zero-order chi connectivity index (χ0) is 20.4. The fourth-order valence-electron chi connectivity index (χ4n) is 3.24. The van der Waals surface area contributed by atoms with E-state index in [4.69, 9.17) is 11.6 Å². The SMILES string of the molecule is CC(F)(F)c1ccc(CNc2ccc(CC3=CCc4ncc(Cl)cc43)cn2)cn1. The van der Waals surface area contributed by atoms with Gasteiger partial charge in [-0.1, -0.05) is 29.8 Å². The van der Waals surface area contributed by atoms with Crippen LogP contribution in [0.1, 0.15) is 35.0 Å². The minimum absolute atomic E-state index is 0.233. The highest BCUT2D eigenvalue weighted by Crippen LogP contribution is 2.30. The summed E-state index contributed by atoms with van der Waals surface area (Å²) in [7, 11) is 0. The second-order valence-electron chi connectivity index (χ2n) is 7.10. The molecule has 1 aliphatic rings. The molecule has 0 aromatic carbocycles. The molecule has 3 aromatic heterocycles. The van der Waals surface area contributed by atoms with Crippen LogP contribution in [0.4, 0.5) is 14.6 Å². The molecule has 0 saturated carbocycles. The number of nitrogens with one attached hydrogen (secondary N) is 1. The minimum Gasteiger partial charge on any atom is -0.366 e. The third-order valence-electron chi connectivity index (χ3n) is 4.79. The van der Waals surface area contributed by atoms with Crippen LogP contribution in [-0.4, -0.2) is 15.0 Å². The average Bonchev–Trinajstić information content (AvgIpc) is 3.09. The molecule has 0 bridgehead atoms. The fraction of sp³-hybridized carbons (Fsp3) is 0.227. The third kappa shape index (κ3) is 4.59. The second kappa shape index (κ2) is 7.87. The minimum atomic E-state index is -2.93. The van der Waals surface area contributed by atoms with Gasteiger partial charge in [0.2, 0.25) is 0 Å². The maximum atomic E-state index is 13.2. The number of anilines is 1. The molecule has 3 heterocycles. The lowest BCUT2D eigenvalue weighted by Gasteiger charge is -2.11. The van der Waals surface area contributed by atoms with Gasteiger partial charge in [-0.05, 0) is 41.3 Å². The van der Waals surface area contributed by atoms with Crippen LogP contribution in [0.2, 0.25) is 5.02 Å². The zero-order valence-corrected chi connectivity index (χ0v) is 16.5. The van der Waals surface area contributed by atoms with Crippen LogP contribution in [0.25, 0.3) is 5.57 Å². The van der Waals surface area contributed by atoms with E-state index in [0.29, 0.717) is 17.4 Å². The molecule has 3 aromatic rings. The molecule has 0 fully saturated rings. The van der Waals surface area contributed by atoms with Gasteiger partial charge in [-0.15, -0.1) is 0 Å². The first kappa shape index (κ1) is 19.5. The van der Waals surface area contributed by atoms with Gasteiger partial charge >= 0.3 is 0 Å². The summed E-state index contributed by atoms with van der Waals surface area (Å²) >= 11 is 6.08. The molecule has 4 nitrogen and oxygen atoms in total. The summed E-state index contributed by atoms with van der Waals surface area (Å²) in [6.45, 7) is 1.29. The number of pyridine rings is 3. The number of hydrogen-bond acceptors (Lipinski definition) is 4. The Hall–Kier alpha value is -2.86. The number of nitrogens with zero attached hydrogens (tertiary/aromatic N) is 3. The number of alkyl halides is 2. The Balaban J connectivity index is 1.36. The maximum absolute atomic E-state index is 13.2. The predicted molar refractivity (Wildman–Crippen MR) is 110 cm³/mol. The van der Waals surface area contributed by atoms with Crippen LogP contribution in [0.15, 0.2) is 55.0 Å². The molecule has 0 aliphatic heterocycles. The molecular formula is C22H19ClF2N4. The number of allylic oxidation sites excluding steroid dienone is 2. The van der Waals surface area contributed by atoms with Crippen molar-refractivity contribution in [3.05, 3.63) is 88.1 Å². The first-order valence-electron chi connectivity index (χ1n) is 9.24. The van der Waals surface area contributed by atoms with Crippen LogP contribution < -0.4 is 5.32 Å². The smallest absolute Gasteiger partial charge is 0.286 e. The molecule has 7 heteroatoms. The van der Waals surface area contributed by atoms with Crippen molar-refractivity contribution >= 4 is 23.0 Å². The molecule has 4 rings (SSSR count). The summed E-state index contributed by atoms with van der Waals surface area (Å²) < 4.78 is 26.4. The molecule has 1 N–H and O–H groups in total.